The van der Waals surface area contributed by atoms with E-state index in [1.165, 1.54) is 17.5 Å². The number of ketones is 1. The molecule has 46 heavy (non-hydrogen) atoms. The smallest absolute Gasteiger partial charge is 0.315 e. The van der Waals surface area contributed by atoms with Crippen LogP contribution >= 0.6 is 34.5 Å². The number of aromatic nitrogens is 1. The lowest BCUT2D eigenvalue weighted by molar-refractivity contribution is -0.132. The van der Waals surface area contributed by atoms with E-state index in [2.05, 4.69) is 31.2 Å². The predicted octanol–water partition coefficient (Wildman–Crippen LogP) is 4.15. The lowest BCUT2D eigenvalue weighted by Gasteiger charge is -2.32. The Kier molecular flexibility index (Phi) is 15.0. The Labute approximate surface area is 283 Å². The van der Waals surface area contributed by atoms with Gasteiger partial charge in [-0.2, -0.15) is 0 Å². The Bertz CT molecular complexity index is 1350. The average Bonchev–Trinajstić information content (AvgIpc) is 3.56. The molecule has 1 fully saturated rings. The van der Waals surface area contributed by atoms with Gasteiger partial charge in [0.05, 0.1) is 16.1 Å². The van der Waals surface area contributed by atoms with Gasteiger partial charge in [0.1, 0.15) is 12.1 Å². The third kappa shape index (κ3) is 12.1. The molecule has 2 aromatic rings. The maximum absolute atomic E-state index is 13.9. The van der Waals surface area contributed by atoms with E-state index < -0.39 is 36.0 Å². The van der Waals surface area contributed by atoms with Crippen LogP contribution in [0.4, 0.5) is 4.79 Å². The highest BCUT2D eigenvalue weighted by Gasteiger charge is 2.35. The summed E-state index contributed by atoms with van der Waals surface area (Å²) in [5.74, 6) is -1.36. The summed E-state index contributed by atoms with van der Waals surface area (Å²) in [6.07, 6.45) is 7.00. The lowest BCUT2D eigenvalue weighted by Crippen LogP contribution is -2.59. The zero-order valence-electron chi connectivity index (χ0n) is 26.2. The monoisotopic (exact) mass is 694 g/mol. The highest BCUT2D eigenvalue weighted by molar-refractivity contribution is 7.11. The van der Waals surface area contributed by atoms with Crippen LogP contribution in [0, 0.1) is 11.8 Å². The quantitative estimate of drug-likeness (QED) is 0.0657. The average molecular weight is 696 g/mol. The van der Waals surface area contributed by atoms with E-state index in [9.17, 15) is 19.2 Å². The number of guanidine groups is 1. The van der Waals surface area contributed by atoms with E-state index in [4.69, 9.17) is 34.7 Å². The molecule has 1 aromatic heterocycles. The minimum atomic E-state index is -0.903. The first-order valence-corrected chi connectivity index (χ1v) is 17.2. The predicted molar refractivity (Wildman–Crippen MR) is 182 cm³/mol. The molecule has 1 saturated carbocycles. The molecule has 12 nitrogen and oxygen atoms in total. The lowest BCUT2D eigenvalue weighted by atomic mass is 9.83. The number of amides is 4. The number of carbonyl (C=O) groups excluding carboxylic acids is 4. The highest BCUT2D eigenvalue weighted by atomic mass is 35.5. The first-order chi connectivity index (χ1) is 21.9. The van der Waals surface area contributed by atoms with Crippen LogP contribution in [0.5, 0.6) is 0 Å². The Balaban J connectivity index is 1.74. The Morgan fingerprint density at radius 1 is 1.00 bits per heavy atom. The van der Waals surface area contributed by atoms with Crippen LogP contribution in [0.25, 0.3) is 0 Å². The summed E-state index contributed by atoms with van der Waals surface area (Å²) >= 11 is 13.3. The van der Waals surface area contributed by atoms with Crippen molar-refractivity contribution in [1.29, 1.82) is 0 Å². The number of aliphatic imine (C=N–C) groups is 1. The molecule has 15 heteroatoms. The molecule has 4 amide bonds. The van der Waals surface area contributed by atoms with E-state index in [0.29, 0.717) is 22.9 Å². The van der Waals surface area contributed by atoms with Gasteiger partial charge >= 0.3 is 6.03 Å². The van der Waals surface area contributed by atoms with Gasteiger partial charge in [0.25, 0.3) is 0 Å². The van der Waals surface area contributed by atoms with Crippen molar-refractivity contribution >= 4 is 64.1 Å². The van der Waals surface area contributed by atoms with E-state index in [0.717, 1.165) is 37.7 Å². The van der Waals surface area contributed by atoms with Crippen molar-refractivity contribution in [2.45, 2.75) is 89.9 Å². The zero-order valence-corrected chi connectivity index (χ0v) is 28.5. The first-order valence-electron chi connectivity index (χ1n) is 15.5. The maximum Gasteiger partial charge on any atom is 0.315 e. The number of benzene rings is 1. The molecule has 1 aliphatic rings. The number of nitrogens with one attached hydrogen (secondary N) is 4. The second kappa shape index (κ2) is 18.7. The normalized spacial score (nSPS) is 15.3. The maximum atomic E-state index is 13.9. The number of carbonyl (C=O) groups is 4. The van der Waals surface area contributed by atoms with Crippen LogP contribution in [0.15, 0.2) is 34.8 Å². The summed E-state index contributed by atoms with van der Waals surface area (Å²) in [5.41, 5.74) is 11.6. The summed E-state index contributed by atoms with van der Waals surface area (Å²) in [6, 6.07) is 1.82. The van der Waals surface area contributed by atoms with Crippen molar-refractivity contribution in [3.8, 4) is 0 Å². The van der Waals surface area contributed by atoms with E-state index >= 15 is 0 Å². The molecule has 0 bridgehead atoms. The van der Waals surface area contributed by atoms with Gasteiger partial charge in [0.2, 0.25) is 17.6 Å². The van der Waals surface area contributed by atoms with Crippen LogP contribution < -0.4 is 32.7 Å². The summed E-state index contributed by atoms with van der Waals surface area (Å²) in [6.45, 7) is 4.35. The Morgan fingerprint density at radius 2 is 1.74 bits per heavy atom. The molecule has 3 rings (SSSR count). The number of urea groups is 1. The fraction of sp³-hybridized carbons (Fsp3) is 0.548. The van der Waals surface area contributed by atoms with Crippen LogP contribution in [0.3, 0.4) is 0 Å². The van der Waals surface area contributed by atoms with E-state index in [1.54, 1.807) is 23.6 Å². The fourth-order valence-corrected chi connectivity index (χ4v) is 6.34. The molecule has 1 aliphatic carbocycles. The van der Waals surface area contributed by atoms with Gasteiger partial charge in [0.15, 0.2) is 11.0 Å². The molecule has 1 aromatic carbocycles. The Hall–Kier alpha value is -3.42. The molecule has 252 valence electrons. The second-order valence-corrected chi connectivity index (χ2v) is 13.6. The van der Waals surface area contributed by atoms with Crippen molar-refractivity contribution < 1.29 is 19.2 Å². The standard InChI is InChI=1S/C31H44Cl2N8O4S/c1-18(2)15-24(40-31(45)38-17-19-10-11-21(32)22(33)16-19)27(43)41-25(20-7-4-3-5-8-20)28(44)39-23(9-6-12-37-30(34)35)26(42)29-36-13-14-46-29/h10-11,13-14,16,18,20,23-25H,3-9,12,15,17H2,1-2H3,(H,39,44)(H,41,43)(H4,34,35,37)(H2,38,40,45)/t23-,24-,25-/m0/s1. The fourth-order valence-electron chi connectivity index (χ4n) is 5.39. The van der Waals surface area contributed by atoms with Crippen molar-refractivity contribution in [3.63, 3.8) is 0 Å². The number of hydrogen-bond acceptors (Lipinski definition) is 7. The minimum Gasteiger partial charge on any atom is -0.370 e. The van der Waals surface area contributed by atoms with Crippen LogP contribution in [-0.2, 0) is 16.1 Å². The van der Waals surface area contributed by atoms with Crippen molar-refractivity contribution in [2.24, 2.45) is 28.3 Å². The number of hydrogen-bond donors (Lipinski definition) is 6. The van der Waals surface area contributed by atoms with Gasteiger partial charge < -0.3 is 32.7 Å². The van der Waals surface area contributed by atoms with E-state index in [-0.39, 0.29) is 48.1 Å². The number of thiazole rings is 1. The number of rotatable bonds is 16. The van der Waals surface area contributed by atoms with Gasteiger partial charge in [-0.05, 0) is 61.6 Å². The molecule has 0 saturated heterocycles. The molecule has 0 unspecified atom stereocenters. The third-order valence-electron chi connectivity index (χ3n) is 7.69. The van der Waals surface area contributed by atoms with Crippen LogP contribution in [0.1, 0.15) is 80.6 Å². The van der Waals surface area contributed by atoms with Crippen molar-refractivity contribution in [3.05, 3.63) is 50.4 Å². The number of nitrogens with two attached hydrogens (primary N) is 2. The third-order valence-corrected chi connectivity index (χ3v) is 9.22. The molecule has 3 atom stereocenters. The van der Waals surface area contributed by atoms with Gasteiger partial charge in [-0.1, -0.05) is 62.4 Å². The Morgan fingerprint density at radius 3 is 2.37 bits per heavy atom. The molecule has 0 spiro atoms. The van der Waals surface area contributed by atoms with Crippen molar-refractivity contribution in [1.82, 2.24) is 26.3 Å². The molecular formula is C31H44Cl2N8O4S. The van der Waals surface area contributed by atoms with Crippen LogP contribution in [0.2, 0.25) is 10.0 Å². The number of Topliss-reactive ketones (excluding diaryl/α,β-unsaturated/α-hetero) is 1. The van der Waals surface area contributed by atoms with Gasteiger partial charge in [0, 0.05) is 24.7 Å². The molecular weight excluding hydrogens is 651 g/mol. The van der Waals surface area contributed by atoms with Crippen LogP contribution in [-0.4, -0.2) is 59.2 Å². The molecule has 0 aliphatic heterocycles. The van der Waals surface area contributed by atoms with E-state index in [1.807, 2.05) is 13.8 Å². The van der Waals surface area contributed by atoms with Gasteiger partial charge in [-0.15, -0.1) is 11.3 Å². The SMILES string of the molecule is CC(C)C[C@H](NC(=O)NCc1ccc(Cl)c(Cl)c1)C(=O)N[C@H](C(=O)N[C@@H](CCCN=C(N)N)C(=O)c1nccs1)C1CCCCC1. The largest absolute Gasteiger partial charge is 0.370 e. The first kappa shape index (κ1) is 37.0. The number of halogens is 2. The summed E-state index contributed by atoms with van der Waals surface area (Å²) < 4.78 is 0. The number of nitrogens with zero attached hydrogens (tertiary/aromatic N) is 2. The van der Waals surface area contributed by atoms with Gasteiger partial charge in [-0.25, -0.2) is 9.78 Å². The minimum absolute atomic E-state index is 0.0560. The summed E-state index contributed by atoms with van der Waals surface area (Å²) in [4.78, 5) is 61.9. The molecule has 8 N–H and O–H groups in total. The molecule has 1 heterocycles. The summed E-state index contributed by atoms with van der Waals surface area (Å²) in [5, 5.41) is 14.1. The van der Waals surface area contributed by atoms with Gasteiger partial charge in [-0.3, -0.25) is 19.4 Å². The zero-order chi connectivity index (χ0) is 33.6. The second-order valence-electron chi connectivity index (χ2n) is 11.9. The summed E-state index contributed by atoms with van der Waals surface area (Å²) in [7, 11) is 0. The van der Waals surface area contributed by atoms with Crippen molar-refractivity contribution in [2.75, 3.05) is 6.54 Å². The topological polar surface area (TPSA) is 194 Å². The molecule has 0 radical (unpaired) electrons. The highest BCUT2D eigenvalue weighted by Crippen LogP contribution is 2.27.